The summed E-state index contributed by atoms with van der Waals surface area (Å²) in [6, 6.07) is 18.3. The number of benzene rings is 2. The molecule has 2 heterocycles. The van der Waals surface area contributed by atoms with E-state index in [1.165, 1.54) is 0 Å². The minimum absolute atomic E-state index is 0.418. The van der Waals surface area contributed by atoms with Crippen molar-refractivity contribution in [3.8, 4) is 11.5 Å². The average molecular weight is 248 g/mol. The zero-order valence-corrected chi connectivity index (χ0v) is 10.0. The van der Waals surface area contributed by atoms with E-state index in [0.717, 1.165) is 28.0 Å². The highest BCUT2D eigenvalue weighted by Crippen LogP contribution is 2.41. The third-order valence-electron chi connectivity index (χ3n) is 3.19. The molecule has 3 nitrogen and oxygen atoms in total. The lowest BCUT2D eigenvalue weighted by molar-refractivity contribution is 0.0500. The normalized spacial score (nSPS) is 13.9. The van der Waals surface area contributed by atoms with E-state index < -0.39 is 6.29 Å². The summed E-state index contributed by atoms with van der Waals surface area (Å²) in [5, 5.41) is 1.05. The molecule has 1 atom stereocenters. The van der Waals surface area contributed by atoms with Gasteiger partial charge in [0.2, 0.25) is 0 Å². The Morgan fingerprint density at radius 2 is 1.95 bits per heavy atom. The molecular formula is C16H10NO2. The Labute approximate surface area is 110 Å². The van der Waals surface area contributed by atoms with Gasteiger partial charge in [0.05, 0.1) is 5.52 Å². The van der Waals surface area contributed by atoms with Crippen molar-refractivity contribution < 1.29 is 9.47 Å². The topological polar surface area (TPSA) is 31.4 Å². The van der Waals surface area contributed by atoms with Crippen LogP contribution in [0.15, 0.2) is 54.7 Å². The molecule has 0 spiro atoms. The van der Waals surface area contributed by atoms with Gasteiger partial charge in [-0.3, -0.25) is 4.98 Å². The van der Waals surface area contributed by atoms with Crippen LogP contribution in [0.1, 0.15) is 11.9 Å². The fourth-order valence-corrected chi connectivity index (χ4v) is 2.30. The quantitative estimate of drug-likeness (QED) is 0.660. The van der Waals surface area contributed by atoms with Gasteiger partial charge in [0.25, 0.3) is 6.29 Å². The van der Waals surface area contributed by atoms with Crippen molar-refractivity contribution in [1.82, 2.24) is 4.98 Å². The molecule has 3 aromatic rings. The van der Waals surface area contributed by atoms with E-state index in [-0.39, 0.29) is 0 Å². The fourth-order valence-electron chi connectivity index (χ4n) is 2.30. The maximum atomic E-state index is 5.83. The van der Waals surface area contributed by atoms with Gasteiger partial charge in [0.15, 0.2) is 11.5 Å². The molecule has 91 valence electrons. The first-order valence-electron chi connectivity index (χ1n) is 6.09. The van der Waals surface area contributed by atoms with E-state index in [2.05, 4.69) is 11.1 Å². The third-order valence-corrected chi connectivity index (χ3v) is 3.19. The molecule has 0 N–H and O–H groups in total. The van der Waals surface area contributed by atoms with Gasteiger partial charge < -0.3 is 9.47 Å². The highest BCUT2D eigenvalue weighted by Gasteiger charge is 2.26. The van der Waals surface area contributed by atoms with E-state index >= 15 is 0 Å². The number of hydrogen-bond acceptors (Lipinski definition) is 3. The van der Waals surface area contributed by atoms with E-state index in [0.29, 0.717) is 0 Å². The van der Waals surface area contributed by atoms with E-state index in [1.54, 1.807) is 12.3 Å². The minimum atomic E-state index is -0.418. The first kappa shape index (κ1) is 10.4. The van der Waals surface area contributed by atoms with Crippen LogP contribution in [0.2, 0.25) is 0 Å². The van der Waals surface area contributed by atoms with Crippen molar-refractivity contribution in [2.45, 2.75) is 6.29 Å². The summed E-state index contributed by atoms with van der Waals surface area (Å²) in [5.74, 6) is 1.48. The SMILES string of the molecule is [c]1ccc2c(c1)OC(c1cccc3ncccc13)O2. The van der Waals surface area contributed by atoms with Crippen LogP contribution in [0.25, 0.3) is 10.9 Å². The Balaban J connectivity index is 1.81. The molecule has 19 heavy (non-hydrogen) atoms. The predicted octanol–water partition coefficient (Wildman–Crippen LogP) is 3.50. The van der Waals surface area contributed by atoms with Gasteiger partial charge in [-0.25, -0.2) is 0 Å². The lowest BCUT2D eigenvalue weighted by Gasteiger charge is -2.12. The summed E-state index contributed by atoms with van der Waals surface area (Å²) in [4.78, 5) is 4.35. The number of ether oxygens (including phenoxy) is 2. The van der Waals surface area contributed by atoms with Crippen molar-refractivity contribution in [3.05, 3.63) is 66.4 Å². The summed E-state index contributed by atoms with van der Waals surface area (Å²) >= 11 is 0. The van der Waals surface area contributed by atoms with Crippen LogP contribution in [-0.4, -0.2) is 4.98 Å². The summed E-state index contributed by atoms with van der Waals surface area (Å²) < 4.78 is 11.7. The summed E-state index contributed by atoms with van der Waals surface area (Å²) in [6.45, 7) is 0. The molecule has 1 aliphatic rings. The smallest absolute Gasteiger partial charge is 0.268 e. The Hall–Kier alpha value is -2.55. The Bertz CT molecular complexity index is 724. The van der Waals surface area contributed by atoms with Crippen molar-refractivity contribution in [2.24, 2.45) is 0 Å². The van der Waals surface area contributed by atoms with E-state index in [4.69, 9.17) is 9.47 Å². The van der Waals surface area contributed by atoms with Crippen LogP contribution < -0.4 is 9.47 Å². The molecule has 4 rings (SSSR count). The highest BCUT2D eigenvalue weighted by atomic mass is 16.7. The molecule has 0 amide bonds. The van der Waals surface area contributed by atoms with E-state index in [1.807, 2.05) is 42.5 Å². The van der Waals surface area contributed by atoms with Gasteiger partial charge in [0.1, 0.15) is 0 Å². The zero-order chi connectivity index (χ0) is 12.7. The lowest BCUT2D eigenvalue weighted by Crippen LogP contribution is -2.08. The molecule has 2 aromatic carbocycles. The highest BCUT2D eigenvalue weighted by molar-refractivity contribution is 5.82. The Morgan fingerprint density at radius 1 is 1.00 bits per heavy atom. The number of pyridine rings is 1. The van der Waals surface area contributed by atoms with Gasteiger partial charge in [-0.15, -0.1) is 0 Å². The number of hydrogen-bond donors (Lipinski definition) is 0. The van der Waals surface area contributed by atoms with Crippen LogP contribution in [0.5, 0.6) is 11.5 Å². The molecule has 0 bridgehead atoms. The summed E-state index contributed by atoms with van der Waals surface area (Å²) in [6.07, 6.45) is 1.37. The molecular weight excluding hydrogens is 238 g/mol. The number of rotatable bonds is 1. The molecule has 1 radical (unpaired) electrons. The van der Waals surface area contributed by atoms with Gasteiger partial charge in [-0.05, 0) is 30.3 Å². The zero-order valence-electron chi connectivity index (χ0n) is 10.0. The predicted molar refractivity (Wildman–Crippen MR) is 71.0 cm³/mol. The van der Waals surface area contributed by atoms with Crippen LogP contribution >= 0.6 is 0 Å². The van der Waals surface area contributed by atoms with Crippen LogP contribution in [-0.2, 0) is 0 Å². The summed E-state index contributed by atoms with van der Waals surface area (Å²) in [7, 11) is 0. The first-order chi connectivity index (χ1) is 9.42. The summed E-state index contributed by atoms with van der Waals surface area (Å²) in [5.41, 5.74) is 1.93. The first-order valence-corrected chi connectivity index (χ1v) is 6.09. The number of nitrogens with zero attached hydrogens (tertiary/aromatic N) is 1. The molecule has 1 unspecified atom stereocenters. The second kappa shape index (κ2) is 3.99. The lowest BCUT2D eigenvalue weighted by atomic mass is 10.1. The van der Waals surface area contributed by atoms with Gasteiger partial charge >= 0.3 is 0 Å². The minimum Gasteiger partial charge on any atom is -0.447 e. The largest absolute Gasteiger partial charge is 0.447 e. The standard InChI is InChI=1S/C16H10NO2/c1-2-9-15-14(8-1)18-16(19-15)12-5-3-7-13-11(12)6-4-10-17-13/h1,3-10,16H. The Kier molecular flexibility index (Phi) is 2.18. The van der Waals surface area contributed by atoms with Crippen LogP contribution in [0.3, 0.4) is 0 Å². The average Bonchev–Trinajstić information content (AvgIpc) is 2.90. The van der Waals surface area contributed by atoms with Gasteiger partial charge in [-0.1, -0.05) is 24.3 Å². The van der Waals surface area contributed by atoms with Crippen molar-refractivity contribution in [2.75, 3.05) is 0 Å². The number of aromatic nitrogens is 1. The monoisotopic (exact) mass is 248 g/mol. The van der Waals surface area contributed by atoms with Crippen molar-refractivity contribution in [3.63, 3.8) is 0 Å². The fraction of sp³-hybridized carbons (Fsp3) is 0.0625. The van der Waals surface area contributed by atoms with Gasteiger partial charge in [-0.2, -0.15) is 0 Å². The molecule has 3 heteroatoms. The second-order valence-corrected chi connectivity index (χ2v) is 4.36. The maximum absolute atomic E-state index is 5.83. The molecule has 0 saturated heterocycles. The van der Waals surface area contributed by atoms with Crippen LogP contribution in [0, 0.1) is 6.07 Å². The van der Waals surface area contributed by atoms with Gasteiger partial charge in [0, 0.05) is 17.1 Å². The third kappa shape index (κ3) is 1.63. The van der Waals surface area contributed by atoms with E-state index in [9.17, 15) is 0 Å². The molecule has 1 aromatic heterocycles. The maximum Gasteiger partial charge on any atom is 0.268 e. The molecule has 0 fully saturated rings. The molecule has 1 aliphatic heterocycles. The Morgan fingerprint density at radius 3 is 2.89 bits per heavy atom. The number of fused-ring (bicyclic) bond motifs is 2. The van der Waals surface area contributed by atoms with Crippen LogP contribution in [0.4, 0.5) is 0 Å². The second-order valence-electron chi connectivity index (χ2n) is 4.36. The molecule has 0 aliphatic carbocycles. The van der Waals surface area contributed by atoms with Crippen molar-refractivity contribution in [1.29, 1.82) is 0 Å². The van der Waals surface area contributed by atoms with Crippen molar-refractivity contribution >= 4 is 10.9 Å². The molecule has 0 saturated carbocycles.